The van der Waals surface area contributed by atoms with E-state index in [2.05, 4.69) is 20.2 Å². The number of hydrogen-bond donors (Lipinski definition) is 2. The number of rotatable bonds is 4. The Kier molecular flexibility index (Phi) is 4.69. The maximum atomic E-state index is 12.4. The minimum absolute atomic E-state index is 0.0307. The number of anilines is 2. The summed E-state index contributed by atoms with van der Waals surface area (Å²) in [5.41, 5.74) is 0.812. The third kappa shape index (κ3) is 3.68. The van der Waals surface area contributed by atoms with Crippen LogP contribution >= 0.6 is 0 Å². The first-order valence-electron chi connectivity index (χ1n) is 7.78. The van der Waals surface area contributed by atoms with E-state index in [-0.39, 0.29) is 17.4 Å². The van der Waals surface area contributed by atoms with Crippen molar-refractivity contribution in [3.05, 3.63) is 48.4 Å². The monoisotopic (exact) mass is 326 g/mol. The fourth-order valence-corrected chi connectivity index (χ4v) is 2.77. The molecule has 1 aromatic heterocycles. The predicted octanol–water partition coefficient (Wildman–Crippen LogP) is 2.03. The molecule has 0 saturated carbocycles. The summed E-state index contributed by atoms with van der Waals surface area (Å²) in [6.07, 6.45) is 6.52. The summed E-state index contributed by atoms with van der Waals surface area (Å²) in [6.45, 7) is 1.52. The third-order valence-electron chi connectivity index (χ3n) is 4.14. The summed E-state index contributed by atoms with van der Waals surface area (Å²) in [4.78, 5) is 33.6. The maximum absolute atomic E-state index is 12.4. The highest BCUT2D eigenvalue weighted by Gasteiger charge is 2.25. The van der Waals surface area contributed by atoms with Crippen LogP contribution in [0, 0.1) is 5.92 Å². The number of hydrogen-bond acceptors (Lipinski definition) is 5. The van der Waals surface area contributed by atoms with Crippen molar-refractivity contribution in [3.63, 3.8) is 0 Å². The molecule has 1 aromatic carbocycles. The Labute approximate surface area is 139 Å². The average Bonchev–Trinajstić information content (AvgIpc) is 2.63. The van der Waals surface area contributed by atoms with Crippen molar-refractivity contribution in [2.45, 2.75) is 12.8 Å². The van der Waals surface area contributed by atoms with E-state index < -0.39 is 5.97 Å². The standard InChI is InChI=1S/C17H18N4O3/c22-16(20-14-3-1-13(2-4-14)17(23)24)12-5-9-21(10-6-12)15-11-18-7-8-19-15/h1-4,7-8,11-12H,5-6,9-10H2,(H,20,22)(H,23,24). The molecule has 1 aliphatic heterocycles. The number of nitrogens with zero attached hydrogens (tertiary/aromatic N) is 3. The van der Waals surface area contributed by atoms with Gasteiger partial charge >= 0.3 is 5.97 Å². The van der Waals surface area contributed by atoms with Crippen LogP contribution in [0.3, 0.4) is 0 Å². The second-order valence-electron chi connectivity index (χ2n) is 5.70. The van der Waals surface area contributed by atoms with Crippen LogP contribution in [0.1, 0.15) is 23.2 Å². The number of amides is 1. The zero-order valence-corrected chi connectivity index (χ0v) is 13.1. The number of benzene rings is 1. The van der Waals surface area contributed by atoms with Gasteiger partial charge < -0.3 is 15.3 Å². The number of carbonyl (C=O) groups excluding carboxylic acids is 1. The number of aromatic carboxylic acids is 1. The summed E-state index contributed by atoms with van der Waals surface area (Å²) in [5, 5.41) is 11.7. The van der Waals surface area contributed by atoms with Crippen molar-refractivity contribution in [2.24, 2.45) is 5.92 Å². The Hall–Kier alpha value is -2.96. The lowest BCUT2D eigenvalue weighted by molar-refractivity contribution is -0.120. The molecule has 0 unspecified atom stereocenters. The average molecular weight is 326 g/mol. The van der Waals surface area contributed by atoms with Crippen LogP contribution in [0.5, 0.6) is 0 Å². The fourth-order valence-electron chi connectivity index (χ4n) is 2.77. The number of nitrogens with one attached hydrogen (secondary N) is 1. The normalized spacial score (nSPS) is 15.1. The van der Waals surface area contributed by atoms with Crippen molar-refractivity contribution < 1.29 is 14.7 Å². The molecule has 2 heterocycles. The van der Waals surface area contributed by atoms with Gasteiger partial charge in [0.25, 0.3) is 0 Å². The quantitative estimate of drug-likeness (QED) is 0.892. The van der Waals surface area contributed by atoms with E-state index in [0.29, 0.717) is 5.69 Å². The zero-order chi connectivity index (χ0) is 16.9. The van der Waals surface area contributed by atoms with E-state index in [1.54, 1.807) is 30.7 Å². The van der Waals surface area contributed by atoms with Gasteiger partial charge in [-0.15, -0.1) is 0 Å². The fraction of sp³-hybridized carbons (Fsp3) is 0.294. The minimum Gasteiger partial charge on any atom is -0.478 e. The third-order valence-corrected chi connectivity index (χ3v) is 4.14. The lowest BCUT2D eigenvalue weighted by Gasteiger charge is -2.31. The zero-order valence-electron chi connectivity index (χ0n) is 13.1. The van der Waals surface area contributed by atoms with Crippen molar-refractivity contribution in [2.75, 3.05) is 23.3 Å². The van der Waals surface area contributed by atoms with E-state index in [1.807, 2.05) is 0 Å². The Morgan fingerprint density at radius 3 is 2.42 bits per heavy atom. The molecular weight excluding hydrogens is 308 g/mol. The van der Waals surface area contributed by atoms with E-state index >= 15 is 0 Å². The molecule has 7 nitrogen and oxygen atoms in total. The van der Waals surface area contributed by atoms with Crippen LogP contribution in [0.2, 0.25) is 0 Å². The molecule has 3 rings (SSSR count). The molecule has 1 amide bonds. The number of carboxylic acid groups (broad SMARTS) is 1. The molecule has 0 atom stereocenters. The Morgan fingerprint density at radius 2 is 1.83 bits per heavy atom. The van der Waals surface area contributed by atoms with Gasteiger partial charge in [0.2, 0.25) is 5.91 Å². The number of aromatic nitrogens is 2. The first-order chi connectivity index (χ1) is 11.6. The summed E-state index contributed by atoms with van der Waals surface area (Å²) in [7, 11) is 0. The molecule has 7 heteroatoms. The predicted molar refractivity (Wildman–Crippen MR) is 89.0 cm³/mol. The van der Waals surface area contributed by atoms with Gasteiger partial charge in [-0.25, -0.2) is 9.78 Å². The maximum Gasteiger partial charge on any atom is 0.335 e. The lowest BCUT2D eigenvalue weighted by Crippen LogP contribution is -2.38. The largest absolute Gasteiger partial charge is 0.478 e. The molecular formula is C17H18N4O3. The molecule has 24 heavy (non-hydrogen) atoms. The van der Waals surface area contributed by atoms with Gasteiger partial charge in [-0.1, -0.05) is 0 Å². The highest BCUT2D eigenvalue weighted by molar-refractivity contribution is 5.93. The molecule has 1 fully saturated rings. The van der Waals surface area contributed by atoms with Crippen molar-refractivity contribution in [3.8, 4) is 0 Å². The van der Waals surface area contributed by atoms with Crippen molar-refractivity contribution in [1.29, 1.82) is 0 Å². The van der Waals surface area contributed by atoms with Crippen LogP contribution in [0.15, 0.2) is 42.9 Å². The van der Waals surface area contributed by atoms with E-state index in [0.717, 1.165) is 31.7 Å². The Bertz CT molecular complexity index is 710. The van der Waals surface area contributed by atoms with Gasteiger partial charge in [0.1, 0.15) is 5.82 Å². The Balaban J connectivity index is 1.54. The molecule has 1 aliphatic rings. The van der Waals surface area contributed by atoms with Gasteiger partial charge in [-0.3, -0.25) is 9.78 Å². The Morgan fingerprint density at radius 1 is 1.12 bits per heavy atom. The van der Waals surface area contributed by atoms with Gasteiger partial charge in [-0.2, -0.15) is 0 Å². The SMILES string of the molecule is O=C(O)c1ccc(NC(=O)C2CCN(c3cnccn3)CC2)cc1. The van der Waals surface area contributed by atoms with Gasteiger partial charge in [0, 0.05) is 37.1 Å². The van der Waals surface area contributed by atoms with Crippen LogP contribution in [0.25, 0.3) is 0 Å². The summed E-state index contributed by atoms with van der Waals surface area (Å²) in [6, 6.07) is 6.18. The molecule has 1 saturated heterocycles. The minimum atomic E-state index is -0.982. The second kappa shape index (κ2) is 7.08. The summed E-state index contributed by atoms with van der Waals surface area (Å²) in [5.74, 6) is -0.237. The molecule has 124 valence electrons. The first kappa shape index (κ1) is 15.9. The lowest BCUT2D eigenvalue weighted by atomic mass is 9.96. The van der Waals surface area contributed by atoms with E-state index in [1.165, 1.54) is 12.1 Å². The highest BCUT2D eigenvalue weighted by atomic mass is 16.4. The van der Waals surface area contributed by atoms with Crippen LogP contribution in [-0.2, 0) is 4.79 Å². The molecule has 2 N–H and O–H groups in total. The van der Waals surface area contributed by atoms with Crippen LogP contribution in [-0.4, -0.2) is 40.0 Å². The highest BCUT2D eigenvalue weighted by Crippen LogP contribution is 2.22. The smallest absolute Gasteiger partial charge is 0.335 e. The molecule has 0 spiro atoms. The van der Waals surface area contributed by atoms with E-state index in [9.17, 15) is 9.59 Å². The number of piperidine rings is 1. The first-order valence-corrected chi connectivity index (χ1v) is 7.78. The number of carboxylic acids is 1. The summed E-state index contributed by atoms with van der Waals surface area (Å²) < 4.78 is 0. The van der Waals surface area contributed by atoms with Crippen LogP contribution < -0.4 is 10.2 Å². The summed E-state index contributed by atoms with van der Waals surface area (Å²) >= 11 is 0. The molecule has 0 radical (unpaired) electrons. The molecule has 2 aromatic rings. The van der Waals surface area contributed by atoms with Crippen molar-refractivity contribution >= 4 is 23.4 Å². The topological polar surface area (TPSA) is 95.4 Å². The van der Waals surface area contributed by atoms with Crippen molar-refractivity contribution in [1.82, 2.24) is 9.97 Å². The molecule has 0 bridgehead atoms. The van der Waals surface area contributed by atoms with Gasteiger partial charge in [0.15, 0.2) is 0 Å². The molecule has 0 aliphatic carbocycles. The van der Waals surface area contributed by atoms with Gasteiger partial charge in [0.05, 0.1) is 11.8 Å². The second-order valence-corrected chi connectivity index (χ2v) is 5.70. The van der Waals surface area contributed by atoms with Crippen LogP contribution in [0.4, 0.5) is 11.5 Å². The number of carbonyl (C=O) groups is 2. The van der Waals surface area contributed by atoms with E-state index in [4.69, 9.17) is 5.11 Å². The van der Waals surface area contributed by atoms with Gasteiger partial charge in [-0.05, 0) is 37.1 Å².